The first-order valence-electron chi connectivity index (χ1n) is 6.26. The summed E-state index contributed by atoms with van der Waals surface area (Å²) in [7, 11) is 1.45. The van der Waals surface area contributed by atoms with Crippen LogP contribution in [0.5, 0.6) is 5.75 Å². The molecule has 0 unspecified atom stereocenters. The number of amides is 1. The van der Waals surface area contributed by atoms with Gasteiger partial charge in [0.1, 0.15) is 11.6 Å². The number of ether oxygens (including phenoxy) is 2. The fraction of sp³-hybridized carbons (Fsp3) is 0.0667. The maximum atomic E-state index is 13.0. The highest BCUT2D eigenvalue weighted by atomic mass is 32.1. The van der Waals surface area contributed by atoms with E-state index in [1.54, 1.807) is 30.3 Å². The second-order valence-corrected chi connectivity index (χ2v) is 4.54. The van der Waals surface area contributed by atoms with Crippen molar-refractivity contribution < 1.29 is 18.7 Å². The first-order chi connectivity index (χ1) is 10.6. The van der Waals surface area contributed by atoms with Crippen molar-refractivity contribution in [1.29, 1.82) is 0 Å². The van der Waals surface area contributed by atoms with Crippen LogP contribution in [0.25, 0.3) is 0 Å². The Morgan fingerprint density at radius 1 is 1.09 bits per heavy atom. The second-order valence-electron chi connectivity index (χ2n) is 4.17. The first-order valence-corrected chi connectivity index (χ1v) is 6.67. The zero-order valence-corrected chi connectivity index (χ0v) is 12.4. The van der Waals surface area contributed by atoms with E-state index in [0.29, 0.717) is 17.1 Å². The van der Waals surface area contributed by atoms with E-state index in [2.05, 4.69) is 10.6 Å². The molecule has 5 nitrogen and oxygen atoms in total. The Morgan fingerprint density at radius 2 is 1.77 bits per heavy atom. The lowest BCUT2D eigenvalue weighted by Gasteiger charge is -2.09. The molecule has 2 aromatic carbocycles. The maximum Gasteiger partial charge on any atom is 0.417 e. The van der Waals surface area contributed by atoms with Gasteiger partial charge in [0, 0.05) is 17.4 Å². The molecule has 0 atom stereocenters. The molecule has 0 saturated carbocycles. The number of nitrogens with one attached hydrogen (secondary N) is 2. The molecule has 0 aliphatic heterocycles. The smallest absolute Gasteiger partial charge is 0.417 e. The van der Waals surface area contributed by atoms with Crippen molar-refractivity contribution >= 4 is 34.9 Å². The van der Waals surface area contributed by atoms with Gasteiger partial charge >= 0.3 is 6.09 Å². The van der Waals surface area contributed by atoms with Crippen LogP contribution < -0.4 is 15.4 Å². The molecule has 2 N–H and O–H groups in total. The van der Waals surface area contributed by atoms with Gasteiger partial charge in [0.25, 0.3) is 5.17 Å². The van der Waals surface area contributed by atoms with E-state index < -0.39 is 11.9 Å². The molecule has 2 rings (SSSR count). The van der Waals surface area contributed by atoms with Crippen LogP contribution in [-0.4, -0.2) is 18.4 Å². The standard InChI is InChI=1S/C15H13FN2O3S/c1-20-15(22)18-12-6-3-7-13(9-12)21-14(19)17-11-5-2-4-10(16)8-11/h2-9H,1H3,(H,17,19)(H,18,22). The van der Waals surface area contributed by atoms with E-state index in [1.165, 1.54) is 25.3 Å². The first kappa shape index (κ1) is 15.7. The van der Waals surface area contributed by atoms with Crippen LogP contribution >= 0.6 is 12.2 Å². The Labute approximate surface area is 132 Å². The lowest BCUT2D eigenvalue weighted by atomic mass is 10.3. The Bertz CT molecular complexity index is 694. The summed E-state index contributed by atoms with van der Waals surface area (Å²) < 4.78 is 23.0. The van der Waals surface area contributed by atoms with Crippen molar-refractivity contribution in [3.8, 4) is 5.75 Å². The van der Waals surface area contributed by atoms with E-state index >= 15 is 0 Å². The molecule has 0 radical (unpaired) electrons. The second kappa shape index (κ2) is 7.37. The van der Waals surface area contributed by atoms with Gasteiger partial charge in [-0.25, -0.2) is 9.18 Å². The number of rotatable bonds is 3. The summed E-state index contributed by atoms with van der Waals surface area (Å²) >= 11 is 4.88. The van der Waals surface area contributed by atoms with Crippen molar-refractivity contribution in [2.45, 2.75) is 0 Å². The minimum absolute atomic E-state index is 0.196. The van der Waals surface area contributed by atoms with E-state index in [-0.39, 0.29) is 5.17 Å². The minimum Gasteiger partial charge on any atom is -0.474 e. The Morgan fingerprint density at radius 3 is 2.45 bits per heavy atom. The molecule has 0 aromatic heterocycles. The van der Waals surface area contributed by atoms with Gasteiger partial charge in [-0.1, -0.05) is 12.1 Å². The number of carbonyl (C=O) groups excluding carboxylic acids is 1. The highest BCUT2D eigenvalue weighted by molar-refractivity contribution is 7.80. The Kier molecular flexibility index (Phi) is 5.26. The van der Waals surface area contributed by atoms with Gasteiger partial charge in [-0.2, -0.15) is 0 Å². The fourth-order valence-corrected chi connectivity index (χ4v) is 1.74. The molecule has 0 heterocycles. The van der Waals surface area contributed by atoms with Crippen LogP contribution in [0.2, 0.25) is 0 Å². The van der Waals surface area contributed by atoms with Gasteiger partial charge in [-0.05, 0) is 42.5 Å². The summed E-state index contributed by atoms with van der Waals surface area (Å²) in [5.41, 5.74) is 0.919. The summed E-state index contributed by atoms with van der Waals surface area (Å²) in [4.78, 5) is 11.8. The molecule has 0 bridgehead atoms. The molecule has 7 heteroatoms. The van der Waals surface area contributed by atoms with E-state index in [0.717, 1.165) is 0 Å². The molecule has 0 fully saturated rings. The third-order valence-corrected chi connectivity index (χ3v) is 2.82. The molecule has 114 valence electrons. The number of methoxy groups -OCH3 is 1. The summed E-state index contributed by atoms with van der Waals surface area (Å²) in [6.45, 7) is 0. The lowest BCUT2D eigenvalue weighted by molar-refractivity contribution is 0.215. The summed E-state index contributed by atoms with van der Waals surface area (Å²) in [5, 5.41) is 5.44. The van der Waals surface area contributed by atoms with Crippen molar-refractivity contribution in [2.24, 2.45) is 0 Å². The van der Waals surface area contributed by atoms with E-state index in [1.807, 2.05) is 0 Å². The van der Waals surface area contributed by atoms with Gasteiger partial charge in [0.05, 0.1) is 7.11 Å². The molecule has 0 saturated heterocycles. The quantitative estimate of drug-likeness (QED) is 0.843. The molecule has 0 aliphatic rings. The molecular formula is C15H13FN2O3S. The molecule has 2 aromatic rings. The molecular weight excluding hydrogens is 307 g/mol. The highest BCUT2D eigenvalue weighted by Gasteiger charge is 2.07. The summed E-state index contributed by atoms with van der Waals surface area (Å²) in [5.74, 6) is -0.144. The van der Waals surface area contributed by atoms with Crippen LogP contribution in [0.15, 0.2) is 48.5 Å². The minimum atomic E-state index is -0.725. The topological polar surface area (TPSA) is 59.6 Å². The maximum absolute atomic E-state index is 13.0. The normalized spacial score (nSPS) is 9.73. The Hall–Kier alpha value is -2.67. The number of hydrogen-bond donors (Lipinski definition) is 2. The number of benzene rings is 2. The van der Waals surface area contributed by atoms with Crippen LogP contribution in [0.1, 0.15) is 0 Å². The molecule has 1 amide bonds. The zero-order chi connectivity index (χ0) is 15.9. The van der Waals surface area contributed by atoms with Gasteiger partial charge in [0.2, 0.25) is 0 Å². The average Bonchev–Trinajstić information content (AvgIpc) is 2.47. The van der Waals surface area contributed by atoms with Crippen LogP contribution in [0.3, 0.4) is 0 Å². The third-order valence-electron chi connectivity index (χ3n) is 2.55. The van der Waals surface area contributed by atoms with Gasteiger partial charge in [-0.3, -0.25) is 5.32 Å². The number of hydrogen-bond acceptors (Lipinski definition) is 4. The predicted octanol–water partition coefficient (Wildman–Crippen LogP) is 3.78. The number of halogens is 1. The van der Waals surface area contributed by atoms with Gasteiger partial charge in [0.15, 0.2) is 0 Å². The van der Waals surface area contributed by atoms with Crippen molar-refractivity contribution in [1.82, 2.24) is 0 Å². The Balaban J connectivity index is 1.99. The van der Waals surface area contributed by atoms with Crippen LogP contribution in [0, 0.1) is 5.82 Å². The molecule has 22 heavy (non-hydrogen) atoms. The number of thiocarbonyl (C=S) groups is 1. The summed E-state index contributed by atoms with van der Waals surface area (Å²) in [6.07, 6.45) is -0.725. The van der Waals surface area contributed by atoms with Crippen molar-refractivity contribution in [2.75, 3.05) is 17.7 Å². The van der Waals surface area contributed by atoms with Crippen molar-refractivity contribution in [3.63, 3.8) is 0 Å². The van der Waals surface area contributed by atoms with Crippen molar-refractivity contribution in [3.05, 3.63) is 54.3 Å². The van der Waals surface area contributed by atoms with Gasteiger partial charge in [-0.15, -0.1) is 0 Å². The summed E-state index contributed by atoms with van der Waals surface area (Å²) in [6, 6.07) is 12.1. The zero-order valence-electron chi connectivity index (χ0n) is 11.6. The molecule has 0 aliphatic carbocycles. The lowest BCUT2D eigenvalue weighted by Crippen LogP contribution is -2.17. The highest BCUT2D eigenvalue weighted by Crippen LogP contribution is 2.18. The number of anilines is 2. The van der Waals surface area contributed by atoms with Crippen LogP contribution in [-0.2, 0) is 4.74 Å². The monoisotopic (exact) mass is 320 g/mol. The molecule has 0 spiro atoms. The van der Waals surface area contributed by atoms with E-state index in [4.69, 9.17) is 21.7 Å². The average molecular weight is 320 g/mol. The fourth-order valence-electron chi connectivity index (χ4n) is 1.62. The number of carbonyl (C=O) groups is 1. The largest absolute Gasteiger partial charge is 0.474 e. The third kappa shape index (κ3) is 4.71. The van der Waals surface area contributed by atoms with E-state index in [9.17, 15) is 9.18 Å². The SMILES string of the molecule is COC(=S)Nc1cccc(OC(=O)Nc2cccc(F)c2)c1. The van der Waals surface area contributed by atoms with Crippen LogP contribution in [0.4, 0.5) is 20.6 Å². The predicted molar refractivity (Wildman–Crippen MR) is 85.7 cm³/mol. The van der Waals surface area contributed by atoms with Gasteiger partial charge < -0.3 is 14.8 Å².